The summed E-state index contributed by atoms with van der Waals surface area (Å²) in [5.41, 5.74) is -0.492. The number of fused-ring (bicyclic) bond motifs is 1. The molecule has 4 aromatic rings. The Kier molecular flexibility index (Phi) is 8.48. The van der Waals surface area contributed by atoms with Crippen molar-refractivity contribution in [2.45, 2.75) is 32.2 Å². The maximum Gasteiger partial charge on any atom is 0.434 e. The van der Waals surface area contributed by atoms with E-state index >= 15 is 0 Å². The molecule has 0 radical (unpaired) electrons. The fraction of sp³-hybridized carbons (Fsp3) is 0.321. The molecule has 1 fully saturated rings. The van der Waals surface area contributed by atoms with E-state index in [9.17, 15) is 32.7 Å². The van der Waals surface area contributed by atoms with E-state index in [0.717, 1.165) is 16.7 Å². The fourth-order valence-corrected chi connectivity index (χ4v) is 5.72. The van der Waals surface area contributed by atoms with Crippen LogP contribution in [0.1, 0.15) is 35.9 Å². The lowest BCUT2D eigenvalue weighted by Gasteiger charge is -2.22. The average Bonchev–Trinajstić information content (AvgIpc) is 3.63. The predicted octanol–water partition coefficient (Wildman–Crippen LogP) is 4.03. The van der Waals surface area contributed by atoms with Crippen LogP contribution in [-0.4, -0.2) is 64.0 Å². The van der Waals surface area contributed by atoms with Crippen molar-refractivity contribution in [2.24, 2.45) is 0 Å². The summed E-state index contributed by atoms with van der Waals surface area (Å²) >= 11 is 0.765. The highest BCUT2D eigenvalue weighted by atomic mass is 32.1. The Labute approximate surface area is 246 Å². The maximum atomic E-state index is 13.6. The zero-order chi connectivity index (χ0) is 30.9. The number of alkyl halides is 3. The molecule has 15 heteroatoms. The molecule has 1 unspecified atom stereocenters. The third-order valence-electron chi connectivity index (χ3n) is 6.85. The lowest BCUT2D eigenvalue weighted by molar-refractivity contribution is -0.140. The quantitative estimate of drug-likeness (QED) is 0.228. The van der Waals surface area contributed by atoms with Gasteiger partial charge < -0.3 is 25.0 Å². The van der Waals surface area contributed by atoms with Gasteiger partial charge >= 0.3 is 18.2 Å². The standard InChI is InChI=1S/C28H27F3N6O5S/c1-3-33-27(41)36-23-8-15(25-35-22(13-43-25)28(29,30)31)17(9-34-23)14-5-6-19-16(7-14)24(39)18(26(40)42-4-2)12-37(19)20-10-32-11-21(20)38/h5-9,12-13,20-21,32,38H,3-4,10-11H2,1-2H3,(H2,33,34,36,41)/t20?,21-/m0/s1. The molecular formula is C28H27F3N6O5S. The molecule has 2 atom stereocenters. The number of halogens is 3. The van der Waals surface area contributed by atoms with Gasteiger partial charge in [-0.1, -0.05) is 6.07 Å². The van der Waals surface area contributed by atoms with Gasteiger partial charge in [0.05, 0.1) is 24.3 Å². The summed E-state index contributed by atoms with van der Waals surface area (Å²) in [7, 11) is 0. The van der Waals surface area contributed by atoms with Crippen LogP contribution in [0, 0.1) is 0 Å². The number of nitrogens with one attached hydrogen (secondary N) is 3. The summed E-state index contributed by atoms with van der Waals surface area (Å²) in [6, 6.07) is 5.19. The van der Waals surface area contributed by atoms with Crippen molar-refractivity contribution in [3.63, 3.8) is 0 Å². The Hall–Kier alpha value is -4.34. The second-order valence-corrected chi connectivity index (χ2v) is 10.5. The summed E-state index contributed by atoms with van der Waals surface area (Å²) in [5, 5.41) is 19.8. The number of rotatable bonds is 7. The molecule has 0 spiro atoms. The smallest absolute Gasteiger partial charge is 0.434 e. The van der Waals surface area contributed by atoms with Gasteiger partial charge in [0.15, 0.2) is 5.69 Å². The van der Waals surface area contributed by atoms with Crippen LogP contribution in [-0.2, 0) is 10.9 Å². The van der Waals surface area contributed by atoms with Gasteiger partial charge in [0.2, 0.25) is 5.43 Å². The molecule has 226 valence electrons. The fourth-order valence-electron chi connectivity index (χ4n) is 4.87. The van der Waals surface area contributed by atoms with Crippen LogP contribution in [0.2, 0.25) is 0 Å². The molecule has 1 saturated heterocycles. The summed E-state index contributed by atoms with van der Waals surface area (Å²) in [4.78, 5) is 46.5. The van der Waals surface area contributed by atoms with Crippen LogP contribution in [0.15, 0.2) is 46.8 Å². The van der Waals surface area contributed by atoms with Crippen molar-refractivity contribution in [1.82, 2.24) is 25.2 Å². The van der Waals surface area contributed by atoms with Crippen molar-refractivity contribution >= 4 is 40.1 Å². The number of hydrogen-bond acceptors (Lipinski definition) is 9. The van der Waals surface area contributed by atoms with Gasteiger partial charge in [-0.15, -0.1) is 11.3 Å². The summed E-state index contributed by atoms with van der Waals surface area (Å²) in [6.07, 6.45) is -2.70. The van der Waals surface area contributed by atoms with Gasteiger partial charge in [0.25, 0.3) is 0 Å². The molecular weight excluding hydrogens is 589 g/mol. The minimum absolute atomic E-state index is 0.0154. The molecule has 0 aliphatic carbocycles. The first kappa shape index (κ1) is 30.1. The molecule has 1 aliphatic heterocycles. The normalized spacial score (nSPS) is 16.8. The highest BCUT2D eigenvalue weighted by molar-refractivity contribution is 7.13. The number of esters is 1. The van der Waals surface area contributed by atoms with E-state index in [1.807, 2.05) is 0 Å². The molecule has 1 aromatic carbocycles. The number of carbonyl (C=O) groups excluding carboxylic acids is 2. The van der Waals surface area contributed by atoms with E-state index < -0.39 is 41.4 Å². The molecule has 11 nitrogen and oxygen atoms in total. The van der Waals surface area contributed by atoms with Crippen LogP contribution in [0.5, 0.6) is 0 Å². The minimum Gasteiger partial charge on any atom is -0.462 e. The molecule has 0 saturated carbocycles. The first-order chi connectivity index (χ1) is 20.5. The van der Waals surface area contributed by atoms with E-state index in [0.29, 0.717) is 36.3 Å². The molecule has 0 bridgehead atoms. The summed E-state index contributed by atoms with van der Waals surface area (Å²) in [5.74, 6) is -0.747. The number of aliphatic hydroxyl groups excluding tert-OH is 1. The van der Waals surface area contributed by atoms with Crippen molar-refractivity contribution in [1.29, 1.82) is 0 Å². The number of nitrogens with zero attached hydrogens (tertiary/aromatic N) is 3. The Morgan fingerprint density at radius 1 is 1.21 bits per heavy atom. The number of benzene rings is 1. The molecule has 43 heavy (non-hydrogen) atoms. The SMILES string of the molecule is CCNC(=O)Nc1cc(-c2nc(C(F)(F)F)cs2)c(-c2ccc3c(c2)c(=O)c(C(=O)OCC)cn3C2CNC[C@@H]2O)cn1. The number of thiazole rings is 1. The second kappa shape index (κ2) is 12.1. The van der Waals surface area contributed by atoms with E-state index in [-0.39, 0.29) is 33.9 Å². The third kappa shape index (κ3) is 6.09. The Bertz CT molecular complexity index is 1760. The number of amides is 2. The number of urea groups is 1. The number of aromatic nitrogens is 3. The molecule has 3 aromatic heterocycles. The molecule has 4 N–H and O–H groups in total. The first-order valence-corrected chi connectivity index (χ1v) is 14.2. The summed E-state index contributed by atoms with van der Waals surface area (Å²) < 4.78 is 47.0. The average molecular weight is 617 g/mol. The predicted molar refractivity (Wildman–Crippen MR) is 154 cm³/mol. The van der Waals surface area contributed by atoms with Crippen LogP contribution < -0.4 is 21.4 Å². The van der Waals surface area contributed by atoms with Crippen molar-refractivity contribution in [3.8, 4) is 21.7 Å². The van der Waals surface area contributed by atoms with Crippen LogP contribution in [0.3, 0.4) is 0 Å². The summed E-state index contributed by atoms with van der Waals surface area (Å²) in [6.45, 7) is 4.44. The van der Waals surface area contributed by atoms with Gasteiger partial charge in [0.1, 0.15) is 16.4 Å². The molecule has 1 aliphatic rings. The van der Waals surface area contributed by atoms with Gasteiger partial charge in [-0.05, 0) is 37.6 Å². The van der Waals surface area contributed by atoms with Gasteiger partial charge in [-0.25, -0.2) is 19.6 Å². The lowest BCUT2D eigenvalue weighted by Crippen LogP contribution is -2.28. The first-order valence-electron chi connectivity index (χ1n) is 13.3. The number of anilines is 1. The van der Waals surface area contributed by atoms with E-state index in [1.54, 1.807) is 30.5 Å². The van der Waals surface area contributed by atoms with Crippen LogP contribution in [0.25, 0.3) is 32.6 Å². The number of pyridine rings is 2. The van der Waals surface area contributed by atoms with E-state index in [4.69, 9.17) is 4.74 Å². The highest BCUT2D eigenvalue weighted by Crippen LogP contribution is 2.39. The lowest BCUT2D eigenvalue weighted by atomic mass is 9.99. The molecule has 4 heterocycles. The maximum absolute atomic E-state index is 13.6. The zero-order valence-corrected chi connectivity index (χ0v) is 23.8. The topological polar surface area (TPSA) is 147 Å². The van der Waals surface area contributed by atoms with Gasteiger partial charge in [-0.3, -0.25) is 10.1 Å². The Morgan fingerprint density at radius 2 is 2.00 bits per heavy atom. The minimum atomic E-state index is -4.67. The number of carbonyl (C=O) groups is 2. The molecule has 5 rings (SSSR count). The highest BCUT2D eigenvalue weighted by Gasteiger charge is 2.34. The number of β-amino-alcohol motifs (C(OH)–C–C–N with tert-alkyl or cyclic N) is 1. The Balaban J connectivity index is 1.70. The number of hydrogen-bond donors (Lipinski definition) is 4. The van der Waals surface area contributed by atoms with Crippen molar-refractivity contribution < 1.29 is 32.6 Å². The van der Waals surface area contributed by atoms with E-state index in [1.165, 1.54) is 24.5 Å². The zero-order valence-electron chi connectivity index (χ0n) is 23.0. The largest absolute Gasteiger partial charge is 0.462 e. The van der Waals surface area contributed by atoms with Crippen molar-refractivity contribution in [3.05, 3.63) is 63.5 Å². The van der Waals surface area contributed by atoms with E-state index in [2.05, 4.69) is 25.9 Å². The third-order valence-corrected chi connectivity index (χ3v) is 7.73. The number of ether oxygens (including phenoxy) is 1. The number of aliphatic hydroxyl groups is 1. The van der Waals surface area contributed by atoms with Gasteiger partial charge in [0, 0.05) is 53.9 Å². The van der Waals surface area contributed by atoms with Crippen LogP contribution >= 0.6 is 11.3 Å². The van der Waals surface area contributed by atoms with Crippen LogP contribution in [0.4, 0.5) is 23.8 Å². The second-order valence-electron chi connectivity index (χ2n) is 9.66. The van der Waals surface area contributed by atoms with Crippen molar-refractivity contribution in [2.75, 3.05) is 31.6 Å². The molecule has 2 amide bonds. The monoisotopic (exact) mass is 616 g/mol. The van der Waals surface area contributed by atoms with Gasteiger partial charge in [-0.2, -0.15) is 13.2 Å². The Morgan fingerprint density at radius 3 is 2.65 bits per heavy atom.